The molecule has 2 heteroatoms. The van der Waals surface area contributed by atoms with Gasteiger partial charge < -0.3 is 9.32 Å². The van der Waals surface area contributed by atoms with Crippen molar-refractivity contribution in [3.8, 4) is 33.4 Å². The van der Waals surface area contributed by atoms with Crippen molar-refractivity contribution >= 4 is 49.8 Å². The van der Waals surface area contributed by atoms with Crippen LogP contribution in [0.3, 0.4) is 0 Å². The van der Waals surface area contributed by atoms with Crippen molar-refractivity contribution in [1.29, 1.82) is 0 Å². The van der Waals surface area contributed by atoms with E-state index < -0.39 is 0 Å². The van der Waals surface area contributed by atoms with Crippen LogP contribution in [-0.2, 0) is 21.7 Å². The summed E-state index contributed by atoms with van der Waals surface area (Å²) in [7, 11) is 0. The summed E-state index contributed by atoms with van der Waals surface area (Å²) < 4.78 is 6.91. The number of fused-ring (bicyclic) bond motifs is 4. The van der Waals surface area contributed by atoms with Gasteiger partial charge in [0.1, 0.15) is 5.58 Å². The Morgan fingerprint density at radius 1 is 0.344 bits per heavy atom. The number of furan rings is 1. The van der Waals surface area contributed by atoms with E-state index in [-0.39, 0.29) is 21.7 Å². The molecule has 0 aliphatic heterocycles. The van der Waals surface area contributed by atoms with E-state index in [4.69, 9.17) is 4.42 Å². The predicted molar refractivity (Wildman–Crippen MR) is 277 cm³/mol. The molecule has 64 heavy (non-hydrogen) atoms. The number of para-hydroxylation sites is 4. The number of hydrogen-bond donors (Lipinski definition) is 0. The number of rotatable bonds is 6. The molecule has 0 saturated heterocycles. The molecule has 1 heterocycles. The molecule has 0 unspecified atom stereocenters. The van der Waals surface area contributed by atoms with Crippen LogP contribution in [0.25, 0.3) is 66.1 Å². The standard InChI is InChI=1S/C62H63NO/c1-59(2,3)43-34-41(35-44(38-43)60(4,5)6)47-24-13-16-30-53(47)63(55-32-21-29-52-50-26-15-18-33-56(50)64-58(52)55)54-31-17-14-25-49(54)51-28-20-23-40-22-19-27-48(57(40)51)42-36-45(61(7,8)9)39-46(37-42)62(10,11)12/h13-39H,1-12H3. The van der Waals surface area contributed by atoms with Crippen LogP contribution in [0.5, 0.6) is 0 Å². The molecule has 322 valence electrons. The Balaban J connectivity index is 1.36. The van der Waals surface area contributed by atoms with Crippen LogP contribution >= 0.6 is 0 Å². The molecule has 0 aliphatic carbocycles. The maximum Gasteiger partial charge on any atom is 0.159 e. The van der Waals surface area contributed by atoms with Crippen molar-refractivity contribution in [3.05, 3.63) is 186 Å². The summed E-state index contributed by atoms with van der Waals surface area (Å²) in [5.41, 5.74) is 17.3. The molecule has 0 bridgehead atoms. The van der Waals surface area contributed by atoms with Gasteiger partial charge in [-0.2, -0.15) is 0 Å². The zero-order chi connectivity index (χ0) is 45.3. The van der Waals surface area contributed by atoms with Gasteiger partial charge in [0.25, 0.3) is 0 Å². The minimum atomic E-state index is -0.0385. The number of hydrogen-bond acceptors (Lipinski definition) is 2. The van der Waals surface area contributed by atoms with E-state index in [9.17, 15) is 0 Å². The molecule has 0 aliphatic rings. The first-order valence-electron chi connectivity index (χ1n) is 23.0. The van der Waals surface area contributed by atoms with E-state index in [2.05, 4.69) is 252 Å². The Labute approximate surface area is 381 Å². The summed E-state index contributed by atoms with van der Waals surface area (Å²) in [5, 5.41) is 4.66. The van der Waals surface area contributed by atoms with Crippen molar-refractivity contribution < 1.29 is 4.42 Å². The molecule has 0 radical (unpaired) electrons. The first kappa shape index (κ1) is 42.9. The van der Waals surface area contributed by atoms with Gasteiger partial charge in [-0.25, -0.2) is 0 Å². The molecule has 1 aromatic heterocycles. The van der Waals surface area contributed by atoms with Crippen LogP contribution in [0.2, 0.25) is 0 Å². The van der Waals surface area contributed by atoms with E-state index in [0.717, 1.165) is 50.1 Å². The predicted octanol–water partition coefficient (Wildman–Crippen LogP) is 18.4. The summed E-state index contributed by atoms with van der Waals surface area (Å²) in [6, 6.07) is 61.0. The smallest absolute Gasteiger partial charge is 0.159 e. The lowest BCUT2D eigenvalue weighted by atomic mass is 9.78. The molecule has 9 rings (SSSR count). The second-order valence-electron chi connectivity index (χ2n) is 21.9. The molecular weight excluding hydrogens is 775 g/mol. The van der Waals surface area contributed by atoms with Crippen LogP contribution in [0, 0.1) is 0 Å². The van der Waals surface area contributed by atoms with Gasteiger partial charge in [-0.05, 0) is 101 Å². The maximum atomic E-state index is 6.91. The van der Waals surface area contributed by atoms with Gasteiger partial charge in [-0.3, -0.25) is 0 Å². The topological polar surface area (TPSA) is 16.4 Å². The number of benzene rings is 8. The third kappa shape index (κ3) is 7.93. The fraction of sp³-hybridized carbons (Fsp3) is 0.258. The van der Waals surface area contributed by atoms with Crippen molar-refractivity contribution in [2.45, 2.75) is 105 Å². The Hall–Kier alpha value is -6.38. The average Bonchev–Trinajstić information content (AvgIpc) is 3.64. The van der Waals surface area contributed by atoms with Crippen molar-refractivity contribution in [2.24, 2.45) is 0 Å². The highest BCUT2D eigenvalue weighted by Gasteiger charge is 2.28. The van der Waals surface area contributed by atoms with Crippen molar-refractivity contribution in [3.63, 3.8) is 0 Å². The fourth-order valence-corrected chi connectivity index (χ4v) is 9.21. The van der Waals surface area contributed by atoms with Crippen LogP contribution in [-0.4, -0.2) is 0 Å². The van der Waals surface area contributed by atoms with E-state index in [1.54, 1.807) is 0 Å². The highest BCUT2D eigenvalue weighted by Crippen LogP contribution is 2.50. The summed E-state index contributed by atoms with van der Waals surface area (Å²) in [6.45, 7) is 27.8. The fourth-order valence-electron chi connectivity index (χ4n) is 9.21. The van der Waals surface area contributed by atoms with Crippen molar-refractivity contribution in [1.82, 2.24) is 0 Å². The largest absolute Gasteiger partial charge is 0.454 e. The van der Waals surface area contributed by atoms with Gasteiger partial charge in [0, 0.05) is 21.9 Å². The molecule has 0 saturated carbocycles. The van der Waals surface area contributed by atoms with Gasteiger partial charge in [0.2, 0.25) is 0 Å². The summed E-state index contributed by atoms with van der Waals surface area (Å²) in [6.07, 6.45) is 0. The lowest BCUT2D eigenvalue weighted by molar-refractivity contribution is 0.568. The molecule has 8 aromatic carbocycles. The van der Waals surface area contributed by atoms with Crippen molar-refractivity contribution in [2.75, 3.05) is 4.90 Å². The lowest BCUT2D eigenvalue weighted by Gasteiger charge is -2.31. The van der Waals surface area contributed by atoms with Gasteiger partial charge in [-0.15, -0.1) is 0 Å². The first-order valence-corrected chi connectivity index (χ1v) is 23.0. The Kier molecular flexibility index (Phi) is 10.5. The summed E-state index contributed by atoms with van der Waals surface area (Å²) >= 11 is 0. The lowest BCUT2D eigenvalue weighted by Crippen LogP contribution is -2.17. The third-order valence-corrected chi connectivity index (χ3v) is 13.1. The quantitative estimate of drug-likeness (QED) is 0.166. The molecule has 0 N–H and O–H groups in total. The van der Waals surface area contributed by atoms with Crippen LogP contribution in [0.1, 0.15) is 105 Å². The van der Waals surface area contributed by atoms with Gasteiger partial charge in [-0.1, -0.05) is 223 Å². The minimum Gasteiger partial charge on any atom is -0.454 e. The Bertz CT molecular complexity index is 3130. The van der Waals surface area contributed by atoms with Crippen LogP contribution in [0.15, 0.2) is 168 Å². The molecule has 9 aromatic rings. The molecule has 0 atom stereocenters. The monoisotopic (exact) mass is 837 g/mol. The first-order chi connectivity index (χ1) is 30.3. The molecule has 0 fully saturated rings. The third-order valence-electron chi connectivity index (χ3n) is 13.1. The molecule has 2 nitrogen and oxygen atoms in total. The van der Waals surface area contributed by atoms with Gasteiger partial charge >= 0.3 is 0 Å². The zero-order valence-corrected chi connectivity index (χ0v) is 39.9. The normalized spacial score (nSPS) is 12.7. The van der Waals surface area contributed by atoms with Crippen LogP contribution in [0.4, 0.5) is 17.1 Å². The minimum absolute atomic E-state index is 0.0123. The zero-order valence-electron chi connectivity index (χ0n) is 39.9. The average molecular weight is 838 g/mol. The number of anilines is 3. The van der Waals surface area contributed by atoms with Crippen LogP contribution < -0.4 is 4.90 Å². The second kappa shape index (κ2) is 15.7. The van der Waals surface area contributed by atoms with Gasteiger partial charge in [0.05, 0.1) is 17.1 Å². The summed E-state index contributed by atoms with van der Waals surface area (Å²) in [5.74, 6) is 0. The Morgan fingerprint density at radius 2 is 0.750 bits per heavy atom. The molecular formula is C62H63NO. The van der Waals surface area contributed by atoms with E-state index >= 15 is 0 Å². The summed E-state index contributed by atoms with van der Waals surface area (Å²) in [4.78, 5) is 2.47. The second-order valence-corrected chi connectivity index (χ2v) is 21.9. The number of nitrogens with zero attached hydrogens (tertiary/aromatic N) is 1. The highest BCUT2D eigenvalue weighted by molar-refractivity contribution is 6.13. The van der Waals surface area contributed by atoms with E-state index in [0.29, 0.717) is 0 Å². The Morgan fingerprint density at radius 3 is 1.31 bits per heavy atom. The SMILES string of the molecule is CC(C)(C)c1cc(-c2ccccc2N(c2ccccc2-c2cccc3cccc(-c4cc(C(C)(C)C)cc(C(C)(C)C)c4)c23)c2cccc3c2oc2ccccc23)cc(C(C)(C)C)c1. The van der Waals surface area contributed by atoms with E-state index in [1.165, 1.54) is 55.3 Å². The highest BCUT2D eigenvalue weighted by atomic mass is 16.3. The van der Waals surface area contributed by atoms with Gasteiger partial charge in [0.15, 0.2) is 5.58 Å². The van der Waals surface area contributed by atoms with E-state index in [1.807, 2.05) is 0 Å². The molecule has 0 amide bonds. The maximum absolute atomic E-state index is 6.91. The molecule has 0 spiro atoms.